The topological polar surface area (TPSA) is 105 Å². The van der Waals surface area contributed by atoms with E-state index in [9.17, 15) is 14.4 Å². The first-order chi connectivity index (χ1) is 18.8. The maximum absolute atomic E-state index is 14.2. The van der Waals surface area contributed by atoms with E-state index >= 15 is 0 Å². The van der Waals surface area contributed by atoms with E-state index in [2.05, 4.69) is 5.32 Å². The van der Waals surface area contributed by atoms with Gasteiger partial charge in [-0.2, -0.15) is 0 Å². The number of primary amides is 1. The number of para-hydroxylation sites is 1. The van der Waals surface area contributed by atoms with E-state index in [-0.39, 0.29) is 17.7 Å². The monoisotopic (exact) mass is 530 g/mol. The minimum absolute atomic E-state index is 0.177. The molecule has 1 fully saturated rings. The molecule has 1 aliphatic carbocycles. The molecule has 0 radical (unpaired) electrons. The highest BCUT2D eigenvalue weighted by Crippen LogP contribution is 2.33. The second kappa shape index (κ2) is 13.0. The van der Waals surface area contributed by atoms with Crippen molar-refractivity contribution in [3.63, 3.8) is 0 Å². The van der Waals surface area contributed by atoms with Gasteiger partial charge in [0.15, 0.2) is 0 Å². The maximum atomic E-state index is 14.2. The highest BCUT2D eigenvalue weighted by atomic mass is 16.2. The lowest BCUT2D eigenvalue weighted by atomic mass is 9.81. The summed E-state index contributed by atoms with van der Waals surface area (Å²) in [4.78, 5) is 47.2. The van der Waals surface area contributed by atoms with Crippen LogP contribution in [0.1, 0.15) is 76.8 Å². The number of nitrogens with two attached hydrogens (primary N) is 1. The molecule has 1 aliphatic heterocycles. The third-order valence-electron chi connectivity index (χ3n) is 7.96. The van der Waals surface area contributed by atoms with Crippen LogP contribution in [0, 0.1) is 23.7 Å². The van der Waals surface area contributed by atoms with E-state index in [1.54, 1.807) is 0 Å². The Morgan fingerprint density at radius 2 is 1.69 bits per heavy atom. The average molecular weight is 531 g/mol. The Balaban J connectivity index is 1.76. The maximum Gasteiger partial charge on any atom is 0.272 e. The van der Waals surface area contributed by atoms with Crippen LogP contribution in [0.3, 0.4) is 0 Å². The number of anilines is 1. The molecular weight excluding hydrogens is 488 g/mol. The van der Waals surface area contributed by atoms with E-state index in [1.165, 1.54) is 12.8 Å². The number of nitrogens with one attached hydrogen (secondary N) is 1. The van der Waals surface area contributed by atoms with E-state index in [0.717, 1.165) is 36.1 Å². The molecule has 208 valence electrons. The van der Waals surface area contributed by atoms with Crippen LogP contribution in [0.5, 0.6) is 0 Å². The van der Waals surface area contributed by atoms with Crippen molar-refractivity contribution in [3.05, 3.63) is 65.7 Å². The van der Waals surface area contributed by atoms with Crippen LogP contribution in [0.4, 0.5) is 5.69 Å². The molecule has 4 rings (SSSR count). The number of carbonyl (C=O) groups is 3. The molecule has 2 aromatic carbocycles. The number of nitrogens with zero attached hydrogens (tertiary/aromatic N) is 2. The van der Waals surface area contributed by atoms with Crippen molar-refractivity contribution < 1.29 is 14.4 Å². The molecule has 1 heterocycles. The number of carbonyl (C=O) groups excluding carboxylic acids is 3. The summed E-state index contributed by atoms with van der Waals surface area (Å²) < 4.78 is 0. The molecule has 3 N–H and O–H groups in total. The SMILES string of the molecule is CCC[C@H](C(N)=O)[C@@H](CC(C)C)C(=O)NC1N=C(c2ccccc2)c2ccccc2N(CC2CCCC2)C1=O. The fraction of sp³-hybridized carbons (Fsp3) is 0.500. The Labute approximate surface area is 232 Å². The van der Waals surface area contributed by atoms with E-state index in [4.69, 9.17) is 10.7 Å². The van der Waals surface area contributed by atoms with Crippen molar-refractivity contribution in [2.75, 3.05) is 11.4 Å². The smallest absolute Gasteiger partial charge is 0.272 e. The predicted molar refractivity (Wildman–Crippen MR) is 155 cm³/mol. The lowest BCUT2D eigenvalue weighted by molar-refractivity contribution is -0.136. The largest absolute Gasteiger partial charge is 0.369 e. The molecule has 1 unspecified atom stereocenters. The van der Waals surface area contributed by atoms with Gasteiger partial charge < -0.3 is 16.0 Å². The van der Waals surface area contributed by atoms with Gasteiger partial charge >= 0.3 is 0 Å². The molecule has 3 amide bonds. The zero-order valence-electron chi connectivity index (χ0n) is 23.4. The number of benzene rings is 2. The van der Waals surface area contributed by atoms with Crippen LogP contribution in [0.25, 0.3) is 0 Å². The van der Waals surface area contributed by atoms with Crippen LogP contribution in [0.2, 0.25) is 0 Å². The van der Waals surface area contributed by atoms with E-state index < -0.39 is 23.9 Å². The van der Waals surface area contributed by atoms with Crippen LogP contribution in [-0.4, -0.2) is 36.1 Å². The van der Waals surface area contributed by atoms with Crippen LogP contribution < -0.4 is 16.0 Å². The van der Waals surface area contributed by atoms with Gasteiger partial charge in [-0.1, -0.05) is 88.6 Å². The van der Waals surface area contributed by atoms with Crippen molar-refractivity contribution in [2.24, 2.45) is 34.4 Å². The van der Waals surface area contributed by atoms with Crippen LogP contribution in [0.15, 0.2) is 59.6 Å². The Kier molecular flexibility index (Phi) is 9.54. The second-order valence-corrected chi connectivity index (χ2v) is 11.4. The molecule has 7 nitrogen and oxygen atoms in total. The molecule has 3 atom stereocenters. The first-order valence-corrected chi connectivity index (χ1v) is 14.4. The van der Waals surface area contributed by atoms with Crippen molar-refractivity contribution in [3.8, 4) is 0 Å². The summed E-state index contributed by atoms with van der Waals surface area (Å²) >= 11 is 0. The van der Waals surface area contributed by atoms with E-state index in [1.807, 2.05) is 80.3 Å². The number of hydrogen-bond acceptors (Lipinski definition) is 4. The second-order valence-electron chi connectivity index (χ2n) is 11.4. The van der Waals surface area contributed by atoms with Gasteiger partial charge in [-0.25, -0.2) is 4.99 Å². The summed E-state index contributed by atoms with van der Waals surface area (Å²) in [6, 6.07) is 17.6. The highest BCUT2D eigenvalue weighted by molar-refractivity contribution is 6.20. The number of rotatable bonds is 11. The number of hydrogen-bond donors (Lipinski definition) is 2. The Morgan fingerprint density at radius 1 is 1.03 bits per heavy atom. The molecule has 1 saturated carbocycles. The number of aliphatic imine (C=N–C) groups is 1. The standard InChI is InChI=1S/C32H42N4O3/c1-4-12-24(29(33)37)26(19-21(2)3)31(38)35-30-32(39)36(20-22-13-8-9-14-22)27-18-11-10-17-25(27)28(34-30)23-15-6-5-7-16-23/h5-7,10-11,15-18,21-22,24,26,30H,4,8-9,12-14,19-20H2,1-3H3,(H2,33,37)(H,35,38)/t24-,26+,30?/m0/s1. The predicted octanol–water partition coefficient (Wildman–Crippen LogP) is 5.07. The fourth-order valence-corrected chi connectivity index (χ4v) is 6.05. The van der Waals surface area contributed by atoms with Crippen molar-refractivity contribution in [2.45, 2.75) is 71.9 Å². The number of benzodiazepines with no additional fused rings is 1. The Bertz CT molecular complexity index is 1190. The molecule has 39 heavy (non-hydrogen) atoms. The molecule has 7 heteroatoms. The summed E-state index contributed by atoms with van der Waals surface area (Å²) in [6.45, 7) is 6.61. The Morgan fingerprint density at radius 3 is 2.33 bits per heavy atom. The van der Waals surface area contributed by atoms with Gasteiger partial charge in [-0.05, 0) is 43.6 Å². The van der Waals surface area contributed by atoms with Gasteiger partial charge in [0.25, 0.3) is 5.91 Å². The summed E-state index contributed by atoms with van der Waals surface area (Å²) in [5.74, 6) is -1.70. The molecule has 0 saturated heterocycles. The van der Waals surface area contributed by atoms with Gasteiger partial charge in [-0.3, -0.25) is 14.4 Å². The molecule has 0 bridgehead atoms. The lowest BCUT2D eigenvalue weighted by Crippen LogP contribution is -2.51. The lowest BCUT2D eigenvalue weighted by Gasteiger charge is -2.30. The molecule has 0 spiro atoms. The zero-order valence-corrected chi connectivity index (χ0v) is 23.4. The Hall–Kier alpha value is -3.48. The first-order valence-electron chi connectivity index (χ1n) is 14.4. The van der Waals surface area contributed by atoms with Gasteiger partial charge in [0.2, 0.25) is 18.0 Å². The van der Waals surface area contributed by atoms with Gasteiger partial charge in [0.05, 0.1) is 11.4 Å². The minimum Gasteiger partial charge on any atom is -0.369 e. The zero-order chi connectivity index (χ0) is 27.9. The summed E-state index contributed by atoms with van der Waals surface area (Å²) in [5.41, 5.74) is 8.99. The fourth-order valence-electron chi connectivity index (χ4n) is 6.05. The number of fused-ring (bicyclic) bond motifs is 1. The van der Waals surface area contributed by atoms with Crippen molar-refractivity contribution in [1.29, 1.82) is 0 Å². The first kappa shape index (κ1) is 28.5. The molecule has 0 aromatic heterocycles. The number of amides is 3. The highest BCUT2D eigenvalue weighted by Gasteiger charge is 2.38. The molecular formula is C32H42N4O3. The minimum atomic E-state index is -1.11. The van der Waals surface area contributed by atoms with Gasteiger partial charge in [0.1, 0.15) is 0 Å². The normalized spacial score (nSPS) is 19.3. The van der Waals surface area contributed by atoms with Crippen molar-refractivity contribution >= 4 is 29.1 Å². The molecule has 2 aromatic rings. The van der Waals surface area contributed by atoms with Gasteiger partial charge in [-0.15, -0.1) is 0 Å². The average Bonchev–Trinajstić information content (AvgIpc) is 3.41. The summed E-state index contributed by atoms with van der Waals surface area (Å²) in [7, 11) is 0. The summed E-state index contributed by atoms with van der Waals surface area (Å²) in [6.07, 6.45) is 5.17. The van der Waals surface area contributed by atoms with Crippen molar-refractivity contribution in [1.82, 2.24) is 5.32 Å². The van der Waals surface area contributed by atoms with Crippen LogP contribution >= 0.6 is 0 Å². The summed E-state index contributed by atoms with van der Waals surface area (Å²) in [5, 5.41) is 2.97. The third-order valence-corrected chi connectivity index (χ3v) is 7.96. The third kappa shape index (κ3) is 6.75. The quantitative estimate of drug-likeness (QED) is 0.424. The van der Waals surface area contributed by atoms with Crippen LogP contribution in [-0.2, 0) is 14.4 Å². The molecule has 2 aliphatic rings. The van der Waals surface area contributed by atoms with Gasteiger partial charge in [0, 0.05) is 29.5 Å². The van der Waals surface area contributed by atoms with E-state index in [0.29, 0.717) is 31.0 Å².